The Labute approximate surface area is 191 Å². The van der Waals surface area contributed by atoms with Crippen LogP contribution in [0.25, 0.3) is 21.1 Å². The van der Waals surface area contributed by atoms with Gasteiger partial charge >= 0.3 is 0 Å². The molecule has 2 aromatic carbocycles. The normalized spacial score (nSPS) is 16.2. The van der Waals surface area contributed by atoms with Crippen LogP contribution in [0, 0.1) is 13.8 Å². The van der Waals surface area contributed by atoms with Crippen LogP contribution in [-0.2, 0) is 11.2 Å². The summed E-state index contributed by atoms with van der Waals surface area (Å²) < 4.78 is 6.91. The molecule has 6 heteroatoms. The zero-order chi connectivity index (χ0) is 22.4. The maximum atomic E-state index is 13.2. The molecule has 0 bridgehead atoms. The lowest BCUT2D eigenvalue weighted by Gasteiger charge is -2.17. The summed E-state index contributed by atoms with van der Waals surface area (Å²) in [7, 11) is 1.67. The molecule has 5 rings (SSSR count). The predicted molar refractivity (Wildman–Crippen MR) is 129 cm³/mol. The maximum Gasteiger partial charge on any atom is 0.261 e. The molecule has 0 aliphatic carbocycles. The first-order valence-electron chi connectivity index (χ1n) is 11.0. The van der Waals surface area contributed by atoms with Crippen LogP contribution in [0.15, 0.2) is 47.1 Å². The number of thiophene rings is 1. The van der Waals surface area contributed by atoms with E-state index in [4.69, 9.17) is 4.42 Å². The van der Waals surface area contributed by atoms with E-state index in [9.17, 15) is 9.59 Å². The van der Waals surface area contributed by atoms with Crippen molar-refractivity contribution in [2.24, 2.45) is 0 Å². The summed E-state index contributed by atoms with van der Waals surface area (Å²) in [6.07, 6.45) is 2.91. The van der Waals surface area contributed by atoms with Gasteiger partial charge in [0.05, 0.1) is 17.6 Å². The average molecular weight is 447 g/mol. The van der Waals surface area contributed by atoms with Gasteiger partial charge in [-0.25, -0.2) is 0 Å². The van der Waals surface area contributed by atoms with Gasteiger partial charge in [-0.05, 0) is 48.4 Å². The third-order valence-corrected chi connectivity index (χ3v) is 7.89. The lowest BCUT2D eigenvalue weighted by Crippen LogP contribution is -2.30. The molecule has 2 aromatic heterocycles. The number of aryl methyl sites for hydroxylation is 2. The van der Waals surface area contributed by atoms with E-state index in [2.05, 4.69) is 30.4 Å². The Hall–Kier alpha value is -3.12. The summed E-state index contributed by atoms with van der Waals surface area (Å²) in [5.74, 6) is 0.212. The molecular weight excluding hydrogens is 420 g/mol. The number of carbonyl (C=O) groups excluding carboxylic acids is 2. The molecule has 0 radical (unpaired) electrons. The zero-order valence-electron chi connectivity index (χ0n) is 18.5. The smallest absolute Gasteiger partial charge is 0.261 e. The van der Waals surface area contributed by atoms with E-state index in [0.717, 1.165) is 49.0 Å². The lowest BCUT2D eigenvalue weighted by atomic mass is 9.95. The predicted octanol–water partition coefficient (Wildman–Crippen LogP) is 5.18. The first kappa shape index (κ1) is 20.8. The van der Waals surface area contributed by atoms with Gasteiger partial charge in [0.1, 0.15) is 5.58 Å². The maximum absolute atomic E-state index is 13.2. The Balaban J connectivity index is 1.39. The van der Waals surface area contributed by atoms with E-state index >= 15 is 0 Å². The van der Waals surface area contributed by atoms with E-state index in [-0.39, 0.29) is 17.7 Å². The molecule has 2 amide bonds. The molecule has 1 aliphatic heterocycles. The zero-order valence-corrected chi connectivity index (χ0v) is 19.3. The molecule has 4 aromatic rings. The molecule has 1 aliphatic rings. The highest BCUT2D eigenvalue weighted by Gasteiger charge is 2.32. The number of nitrogens with one attached hydrogen (secondary N) is 1. The van der Waals surface area contributed by atoms with Crippen LogP contribution < -0.4 is 5.32 Å². The highest BCUT2D eigenvalue weighted by Crippen LogP contribution is 2.40. The van der Waals surface area contributed by atoms with Gasteiger partial charge < -0.3 is 14.6 Å². The second-order valence-electron chi connectivity index (χ2n) is 8.57. The van der Waals surface area contributed by atoms with Gasteiger partial charge in [0.2, 0.25) is 5.91 Å². The Morgan fingerprint density at radius 2 is 1.97 bits per heavy atom. The Morgan fingerprint density at radius 3 is 2.78 bits per heavy atom. The SMILES string of the molecule is CNC(=O)c1sc2ccccc2c1[C@@H]1CCN(C(=O)Cc2coc3c(C)c(C)ccc23)C1. The first-order chi connectivity index (χ1) is 15.5. The summed E-state index contributed by atoms with van der Waals surface area (Å²) in [4.78, 5) is 28.4. The quantitative estimate of drug-likeness (QED) is 0.470. The molecule has 1 N–H and O–H groups in total. The topological polar surface area (TPSA) is 62.6 Å². The number of rotatable bonds is 4. The minimum Gasteiger partial charge on any atom is -0.464 e. The van der Waals surface area contributed by atoms with Gasteiger partial charge in [-0.3, -0.25) is 9.59 Å². The molecule has 1 fully saturated rings. The Morgan fingerprint density at radius 1 is 1.16 bits per heavy atom. The number of furan rings is 1. The minimum atomic E-state index is -0.0542. The second kappa shape index (κ2) is 8.10. The van der Waals surface area contributed by atoms with Crippen molar-refractivity contribution in [2.75, 3.05) is 20.1 Å². The van der Waals surface area contributed by atoms with E-state index in [1.165, 1.54) is 16.9 Å². The number of hydrogen-bond donors (Lipinski definition) is 1. The van der Waals surface area contributed by atoms with Crippen LogP contribution in [-0.4, -0.2) is 36.9 Å². The molecule has 164 valence electrons. The molecule has 1 saturated heterocycles. The van der Waals surface area contributed by atoms with E-state index in [1.807, 2.05) is 30.0 Å². The van der Waals surface area contributed by atoms with Crippen molar-refractivity contribution in [3.8, 4) is 0 Å². The molecule has 3 heterocycles. The van der Waals surface area contributed by atoms with Crippen LogP contribution in [0.3, 0.4) is 0 Å². The van der Waals surface area contributed by atoms with Gasteiger partial charge in [-0.2, -0.15) is 0 Å². The van der Waals surface area contributed by atoms with E-state index in [0.29, 0.717) is 19.5 Å². The van der Waals surface area contributed by atoms with Crippen molar-refractivity contribution >= 4 is 44.2 Å². The van der Waals surface area contributed by atoms with Crippen LogP contribution in [0.1, 0.15) is 44.3 Å². The van der Waals surface area contributed by atoms with Gasteiger partial charge in [-0.1, -0.05) is 30.3 Å². The number of carbonyl (C=O) groups is 2. The largest absolute Gasteiger partial charge is 0.464 e. The minimum absolute atomic E-state index is 0.0542. The summed E-state index contributed by atoms with van der Waals surface area (Å²) in [6.45, 7) is 5.45. The van der Waals surface area contributed by atoms with Gasteiger partial charge in [0.25, 0.3) is 5.91 Å². The third kappa shape index (κ3) is 3.39. The monoisotopic (exact) mass is 446 g/mol. The van der Waals surface area contributed by atoms with Gasteiger partial charge in [-0.15, -0.1) is 11.3 Å². The van der Waals surface area contributed by atoms with Crippen LogP contribution >= 0.6 is 11.3 Å². The number of nitrogens with zero attached hydrogens (tertiary/aromatic N) is 1. The van der Waals surface area contributed by atoms with Gasteiger partial charge in [0.15, 0.2) is 0 Å². The molecule has 0 unspecified atom stereocenters. The fraction of sp³-hybridized carbons (Fsp3) is 0.308. The Bertz CT molecular complexity index is 1350. The molecule has 0 saturated carbocycles. The molecule has 5 nitrogen and oxygen atoms in total. The van der Waals surface area contributed by atoms with Crippen LogP contribution in [0.4, 0.5) is 0 Å². The second-order valence-corrected chi connectivity index (χ2v) is 9.62. The number of hydrogen-bond acceptors (Lipinski definition) is 4. The Kier molecular flexibility index (Phi) is 5.25. The number of amides is 2. The highest BCUT2D eigenvalue weighted by atomic mass is 32.1. The lowest BCUT2D eigenvalue weighted by molar-refractivity contribution is -0.129. The molecule has 0 spiro atoms. The number of likely N-dealkylation sites (tertiary alicyclic amines) is 1. The standard InChI is InChI=1S/C26H26N2O3S/c1-15-8-9-19-18(14-31-24(19)16(15)2)12-22(29)28-11-10-17(13-28)23-20-6-4-5-7-21(20)32-25(23)26(30)27-3/h4-9,14,17H,10-13H2,1-3H3,(H,27,30)/t17-/m1/s1. The first-order valence-corrected chi connectivity index (χ1v) is 11.8. The number of benzene rings is 2. The summed E-state index contributed by atoms with van der Waals surface area (Å²) in [5.41, 5.74) is 5.19. The van der Waals surface area contributed by atoms with Crippen molar-refractivity contribution < 1.29 is 14.0 Å². The van der Waals surface area contributed by atoms with Crippen molar-refractivity contribution in [3.63, 3.8) is 0 Å². The highest BCUT2D eigenvalue weighted by molar-refractivity contribution is 7.21. The van der Waals surface area contributed by atoms with Crippen molar-refractivity contribution in [1.82, 2.24) is 10.2 Å². The van der Waals surface area contributed by atoms with Crippen molar-refractivity contribution in [2.45, 2.75) is 32.6 Å². The fourth-order valence-electron chi connectivity index (χ4n) is 4.78. The molecular formula is C26H26N2O3S. The third-order valence-electron chi connectivity index (χ3n) is 6.70. The molecule has 32 heavy (non-hydrogen) atoms. The van der Waals surface area contributed by atoms with E-state index in [1.54, 1.807) is 13.3 Å². The summed E-state index contributed by atoms with van der Waals surface area (Å²) in [5, 5.41) is 4.92. The van der Waals surface area contributed by atoms with E-state index < -0.39 is 0 Å². The summed E-state index contributed by atoms with van der Waals surface area (Å²) in [6, 6.07) is 12.3. The number of fused-ring (bicyclic) bond motifs is 2. The van der Waals surface area contributed by atoms with Crippen LogP contribution in [0.2, 0.25) is 0 Å². The van der Waals surface area contributed by atoms with Crippen LogP contribution in [0.5, 0.6) is 0 Å². The van der Waals surface area contributed by atoms with Crippen molar-refractivity contribution in [3.05, 3.63) is 69.8 Å². The average Bonchev–Trinajstić information content (AvgIpc) is 3.52. The fourth-order valence-corrected chi connectivity index (χ4v) is 6.01. The molecule has 1 atom stereocenters. The summed E-state index contributed by atoms with van der Waals surface area (Å²) >= 11 is 1.53. The van der Waals surface area contributed by atoms with Gasteiger partial charge in [0, 0.05) is 41.7 Å². The van der Waals surface area contributed by atoms with Crippen molar-refractivity contribution in [1.29, 1.82) is 0 Å².